The van der Waals surface area contributed by atoms with Gasteiger partial charge in [0.25, 0.3) is 5.91 Å². The number of hydrogen-bond acceptors (Lipinski definition) is 6. The molecule has 9 nitrogen and oxygen atoms in total. The molecule has 5 rings (SSSR count). The minimum atomic E-state index is -0.928. The molecule has 0 aliphatic carbocycles. The van der Waals surface area contributed by atoms with Gasteiger partial charge in [-0.3, -0.25) is 19.3 Å². The van der Waals surface area contributed by atoms with Crippen molar-refractivity contribution in [2.24, 2.45) is 5.92 Å². The Balaban J connectivity index is 1.32. The SMILES string of the molecule is CC(C)CC(=O)N1CCC2(CC1)OCC(C(=O)NCc1ccc3c(c1)OCO3)N2C(=O)c1ccccc1. The predicted octanol–water partition coefficient (Wildman–Crippen LogP) is 2.94. The van der Waals surface area contributed by atoms with E-state index < -0.39 is 11.8 Å². The number of nitrogens with zero attached hydrogens (tertiary/aromatic N) is 2. The van der Waals surface area contributed by atoms with Crippen molar-refractivity contribution < 1.29 is 28.6 Å². The van der Waals surface area contributed by atoms with Gasteiger partial charge in [0.2, 0.25) is 18.6 Å². The average molecular weight is 508 g/mol. The maximum atomic E-state index is 13.8. The Morgan fingerprint density at radius 3 is 2.49 bits per heavy atom. The molecule has 3 heterocycles. The molecule has 37 heavy (non-hydrogen) atoms. The number of carbonyl (C=O) groups is 3. The summed E-state index contributed by atoms with van der Waals surface area (Å²) in [5.74, 6) is 1.19. The molecular weight excluding hydrogens is 474 g/mol. The minimum Gasteiger partial charge on any atom is -0.454 e. The summed E-state index contributed by atoms with van der Waals surface area (Å²) < 4.78 is 17.0. The summed E-state index contributed by atoms with van der Waals surface area (Å²) >= 11 is 0. The molecule has 9 heteroatoms. The lowest BCUT2D eigenvalue weighted by Gasteiger charge is -2.44. The largest absolute Gasteiger partial charge is 0.454 e. The fourth-order valence-corrected chi connectivity index (χ4v) is 5.23. The van der Waals surface area contributed by atoms with Crippen molar-refractivity contribution in [1.29, 1.82) is 0 Å². The van der Waals surface area contributed by atoms with Crippen molar-refractivity contribution in [2.75, 3.05) is 26.5 Å². The number of fused-ring (bicyclic) bond motifs is 1. The highest BCUT2D eigenvalue weighted by Crippen LogP contribution is 2.39. The van der Waals surface area contributed by atoms with Gasteiger partial charge in [-0.2, -0.15) is 0 Å². The van der Waals surface area contributed by atoms with Crippen LogP contribution in [-0.4, -0.2) is 65.8 Å². The second kappa shape index (κ2) is 10.4. The summed E-state index contributed by atoms with van der Waals surface area (Å²) in [4.78, 5) is 43.3. The van der Waals surface area contributed by atoms with Crippen molar-refractivity contribution >= 4 is 17.7 Å². The van der Waals surface area contributed by atoms with E-state index in [-0.39, 0.29) is 43.6 Å². The van der Waals surface area contributed by atoms with Crippen LogP contribution in [0.15, 0.2) is 48.5 Å². The first-order valence-corrected chi connectivity index (χ1v) is 12.8. The Kier molecular flexibility index (Phi) is 7.06. The Bertz CT molecular complexity index is 1160. The van der Waals surface area contributed by atoms with Crippen molar-refractivity contribution in [3.63, 3.8) is 0 Å². The van der Waals surface area contributed by atoms with E-state index in [9.17, 15) is 14.4 Å². The van der Waals surface area contributed by atoms with E-state index in [1.54, 1.807) is 29.2 Å². The van der Waals surface area contributed by atoms with E-state index >= 15 is 0 Å². The fourth-order valence-electron chi connectivity index (χ4n) is 5.23. The Hall–Kier alpha value is -3.59. The summed E-state index contributed by atoms with van der Waals surface area (Å²) in [6.45, 7) is 5.58. The molecule has 2 saturated heterocycles. The van der Waals surface area contributed by atoms with Crippen LogP contribution in [0.2, 0.25) is 0 Å². The van der Waals surface area contributed by atoms with Gasteiger partial charge in [0.1, 0.15) is 11.8 Å². The van der Waals surface area contributed by atoms with Gasteiger partial charge in [0.05, 0.1) is 6.61 Å². The molecule has 1 N–H and O–H groups in total. The molecule has 0 saturated carbocycles. The van der Waals surface area contributed by atoms with Crippen LogP contribution in [0.4, 0.5) is 0 Å². The lowest BCUT2D eigenvalue weighted by Crippen LogP contribution is -2.59. The quantitative estimate of drug-likeness (QED) is 0.646. The van der Waals surface area contributed by atoms with Crippen LogP contribution in [-0.2, 0) is 20.9 Å². The number of nitrogens with one attached hydrogen (secondary N) is 1. The molecule has 196 valence electrons. The first kappa shape index (κ1) is 25.1. The number of piperidine rings is 1. The third-order valence-electron chi connectivity index (χ3n) is 7.19. The van der Waals surface area contributed by atoms with E-state index in [2.05, 4.69) is 5.32 Å². The Labute approximate surface area is 216 Å². The molecule has 0 aromatic heterocycles. The molecule has 3 aliphatic heterocycles. The number of benzene rings is 2. The highest BCUT2D eigenvalue weighted by atomic mass is 16.7. The van der Waals surface area contributed by atoms with Crippen LogP contribution in [0, 0.1) is 5.92 Å². The first-order valence-electron chi connectivity index (χ1n) is 12.8. The number of rotatable bonds is 6. The third kappa shape index (κ3) is 5.13. The zero-order valence-corrected chi connectivity index (χ0v) is 21.3. The first-order chi connectivity index (χ1) is 17.9. The number of amides is 3. The van der Waals surface area contributed by atoms with Crippen LogP contribution in [0.1, 0.15) is 49.0 Å². The maximum absolute atomic E-state index is 13.8. The summed E-state index contributed by atoms with van der Waals surface area (Å²) in [5.41, 5.74) is 0.436. The molecule has 2 aromatic rings. The molecule has 0 bridgehead atoms. The predicted molar refractivity (Wildman–Crippen MR) is 135 cm³/mol. The third-order valence-corrected chi connectivity index (χ3v) is 7.19. The van der Waals surface area contributed by atoms with Gasteiger partial charge < -0.3 is 24.4 Å². The van der Waals surface area contributed by atoms with Crippen LogP contribution < -0.4 is 14.8 Å². The molecule has 2 fully saturated rings. The van der Waals surface area contributed by atoms with E-state index in [1.165, 1.54) is 0 Å². The standard InChI is InChI=1S/C28H33N3O6/c1-19(2)14-25(32)30-12-10-28(11-13-30)31(27(34)21-6-4-3-5-7-21)22(17-37-28)26(33)29-16-20-8-9-23-24(15-20)36-18-35-23/h3-9,15,19,22H,10-14,16-18H2,1-2H3,(H,29,33). The number of likely N-dealkylation sites (tertiary alicyclic amines) is 1. The van der Waals surface area contributed by atoms with Crippen molar-refractivity contribution in [1.82, 2.24) is 15.1 Å². The van der Waals surface area contributed by atoms with Gasteiger partial charge >= 0.3 is 0 Å². The van der Waals surface area contributed by atoms with Gasteiger partial charge in [0, 0.05) is 44.5 Å². The van der Waals surface area contributed by atoms with Gasteiger partial charge in [0.15, 0.2) is 11.5 Å². The highest BCUT2D eigenvalue weighted by molar-refractivity contribution is 5.98. The molecule has 0 radical (unpaired) electrons. The summed E-state index contributed by atoms with van der Waals surface area (Å²) in [5, 5.41) is 2.97. The van der Waals surface area contributed by atoms with E-state index in [0.29, 0.717) is 49.4 Å². The Morgan fingerprint density at radius 1 is 1.03 bits per heavy atom. The van der Waals surface area contributed by atoms with Crippen LogP contribution in [0.5, 0.6) is 11.5 Å². The molecule has 3 amide bonds. The van der Waals surface area contributed by atoms with Crippen LogP contribution in [0.3, 0.4) is 0 Å². The van der Waals surface area contributed by atoms with Crippen molar-refractivity contribution in [3.8, 4) is 11.5 Å². The highest BCUT2D eigenvalue weighted by Gasteiger charge is 2.54. The van der Waals surface area contributed by atoms with E-state index in [4.69, 9.17) is 14.2 Å². The fraction of sp³-hybridized carbons (Fsp3) is 0.464. The van der Waals surface area contributed by atoms with Gasteiger partial charge in [-0.15, -0.1) is 0 Å². The smallest absolute Gasteiger partial charge is 0.256 e. The van der Waals surface area contributed by atoms with Crippen molar-refractivity contribution in [2.45, 2.75) is 51.4 Å². The monoisotopic (exact) mass is 507 g/mol. The van der Waals surface area contributed by atoms with Crippen LogP contribution >= 0.6 is 0 Å². The molecule has 1 atom stereocenters. The zero-order valence-electron chi connectivity index (χ0n) is 21.3. The number of hydrogen-bond donors (Lipinski definition) is 1. The molecular formula is C28H33N3O6. The maximum Gasteiger partial charge on any atom is 0.256 e. The van der Waals surface area contributed by atoms with Gasteiger partial charge in [-0.25, -0.2) is 0 Å². The van der Waals surface area contributed by atoms with Gasteiger partial charge in [-0.05, 0) is 35.7 Å². The van der Waals surface area contributed by atoms with Crippen LogP contribution in [0.25, 0.3) is 0 Å². The number of ether oxygens (including phenoxy) is 3. The average Bonchev–Trinajstić information content (AvgIpc) is 3.52. The topological polar surface area (TPSA) is 97.4 Å². The van der Waals surface area contributed by atoms with E-state index in [0.717, 1.165) is 5.56 Å². The molecule has 1 unspecified atom stereocenters. The van der Waals surface area contributed by atoms with Gasteiger partial charge in [-0.1, -0.05) is 38.1 Å². The Morgan fingerprint density at radius 2 is 1.76 bits per heavy atom. The second-order valence-electron chi connectivity index (χ2n) is 10.2. The lowest BCUT2D eigenvalue weighted by molar-refractivity contribution is -0.144. The van der Waals surface area contributed by atoms with Crippen molar-refractivity contribution in [3.05, 3.63) is 59.7 Å². The second-order valence-corrected chi connectivity index (χ2v) is 10.2. The lowest BCUT2D eigenvalue weighted by atomic mass is 9.96. The normalized spacial score (nSPS) is 19.9. The summed E-state index contributed by atoms with van der Waals surface area (Å²) in [7, 11) is 0. The summed E-state index contributed by atoms with van der Waals surface area (Å²) in [6.07, 6.45) is 1.41. The molecule has 2 aromatic carbocycles. The zero-order chi connectivity index (χ0) is 26.0. The van der Waals surface area contributed by atoms with E-state index in [1.807, 2.05) is 43.0 Å². The minimum absolute atomic E-state index is 0.103. The molecule has 3 aliphatic rings. The molecule has 1 spiro atoms. The number of carbonyl (C=O) groups excluding carboxylic acids is 3. The summed E-state index contributed by atoms with van der Waals surface area (Å²) in [6, 6.07) is 13.7.